The molecule has 0 aromatic carbocycles. The smallest absolute Gasteiger partial charge is 0.169 e. The molecule has 3 unspecified atom stereocenters. The Kier molecular flexibility index (Phi) is 5.34. The molecule has 1 aliphatic carbocycles. The predicted molar refractivity (Wildman–Crippen MR) is 83.0 cm³/mol. The number of sulfone groups is 1. The fourth-order valence-corrected chi connectivity index (χ4v) is 5.85. The van der Waals surface area contributed by atoms with Crippen LogP contribution in [0, 0.1) is 5.92 Å². The minimum absolute atomic E-state index is 0.000347. The van der Waals surface area contributed by atoms with Gasteiger partial charge in [-0.25, -0.2) is 8.42 Å². The zero-order valence-corrected chi connectivity index (χ0v) is 14.4. The highest BCUT2D eigenvalue weighted by atomic mass is 32.2. The highest BCUT2D eigenvalue weighted by molar-refractivity contribution is 7.92. The Bertz CT molecular complexity index is 443. The number of rotatable bonds is 5. The van der Waals surface area contributed by atoms with Crippen LogP contribution in [0.25, 0.3) is 0 Å². The normalized spacial score (nSPS) is 30.9. The molecule has 1 aliphatic heterocycles. The Morgan fingerprint density at radius 2 is 1.86 bits per heavy atom. The van der Waals surface area contributed by atoms with Crippen molar-refractivity contribution in [2.75, 3.05) is 19.8 Å². The van der Waals surface area contributed by atoms with Crippen LogP contribution in [0.4, 0.5) is 0 Å². The first-order valence-corrected chi connectivity index (χ1v) is 9.67. The Balaban J connectivity index is 2.25. The first-order valence-electron chi connectivity index (χ1n) is 8.06. The molecular weight excluding hydrogens is 290 g/mol. The molecule has 1 saturated heterocycles. The molecule has 2 aliphatic rings. The first kappa shape index (κ1) is 17.2. The highest BCUT2D eigenvalue weighted by Gasteiger charge is 2.50. The Hall–Kier alpha value is -0.170. The number of nitrogens with one attached hydrogen (secondary N) is 1. The van der Waals surface area contributed by atoms with E-state index in [-0.39, 0.29) is 17.2 Å². The van der Waals surface area contributed by atoms with Crippen molar-refractivity contribution in [1.82, 2.24) is 5.32 Å². The van der Waals surface area contributed by atoms with Crippen molar-refractivity contribution in [1.29, 1.82) is 0 Å². The Morgan fingerprint density at radius 1 is 1.24 bits per heavy atom. The molecule has 5 nitrogen and oxygen atoms in total. The van der Waals surface area contributed by atoms with Crippen molar-refractivity contribution in [3.63, 3.8) is 0 Å². The fourth-order valence-electron chi connectivity index (χ4n) is 3.37. The third-order valence-corrected chi connectivity index (χ3v) is 7.88. The van der Waals surface area contributed by atoms with Crippen molar-refractivity contribution in [3.05, 3.63) is 0 Å². The summed E-state index contributed by atoms with van der Waals surface area (Å²) in [7, 11) is -3.22. The van der Waals surface area contributed by atoms with E-state index in [1.807, 2.05) is 27.7 Å². The van der Waals surface area contributed by atoms with Crippen LogP contribution in [0.1, 0.15) is 47.0 Å². The molecule has 21 heavy (non-hydrogen) atoms. The molecule has 0 radical (unpaired) electrons. The van der Waals surface area contributed by atoms with E-state index in [4.69, 9.17) is 9.47 Å². The quantitative estimate of drug-likeness (QED) is 0.836. The lowest BCUT2D eigenvalue weighted by atomic mass is 9.89. The van der Waals surface area contributed by atoms with Gasteiger partial charge in [0.1, 0.15) is 0 Å². The maximum atomic E-state index is 13.0. The molecule has 2 fully saturated rings. The average molecular weight is 319 g/mol. The third kappa shape index (κ3) is 3.44. The molecule has 1 saturated carbocycles. The van der Waals surface area contributed by atoms with E-state index in [0.717, 1.165) is 19.4 Å². The van der Waals surface area contributed by atoms with E-state index in [1.54, 1.807) is 0 Å². The minimum atomic E-state index is -3.22. The molecule has 6 heteroatoms. The van der Waals surface area contributed by atoms with E-state index >= 15 is 0 Å². The van der Waals surface area contributed by atoms with E-state index in [2.05, 4.69) is 5.32 Å². The summed E-state index contributed by atoms with van der Waals surface area (Å²) in [6.07, 6.45) is 2.00. The van der Waals surface area contributed by atoms with Gasteiger partial charge < -0.3 is 14.8 Å². The number of hydrogen-bond acceptors (Lipinski definition) is 5. The maximum absolute atomic E-state index is 13.0. The predicted octanol–water partition coefficient (Wildman–Crippen LogP) is 1.72. The van der Waals surface area contributed by atoms with Crippen molar-refractivity contribution in [3.8, 4) is 0 Å². The second-order valence-corrected chi connectivity index (χ2v) is 9.12. The Morgan fingerprint density at radius 3 is 2.38 bits per heavy atom. The van der Waals surface area contributed by atoms with Gasteiger partial charge in [0.25, 0.3) is 0 Å². The van der Waals surface area contributed by atoms with Gasteiger partial charge in [0.2, 0.25) is 0 Å². The molecule has 1 N–H and O–H groups in total. The third-order valence-electron chi connectivity index (χ3n) is 4.96. The summed E-state index contributed by atoms with van der Waals surface area (Å²) >= 11 is 0. The molecule has 124 valence electrons. The second-order valence-electron chi connectivity index (χ2n) is 6.59. The molecule has 0 amide bonds. The summed E-state index contributed by atoms with van der Waals surface area (Å²) < 4.78 is 37.5. The van der Waals surface area contributed by atoms with Gasteiger partial charge in [-0.3, -0.25) is 0 Å². The molecule has 2 rings (SSSR count). The Labute approximate surface area is 128 Å². The van der Waals surface area contributed by atoms with Crippen molar-refractivity contribution >= 4 is 9.84 Å². The highest BCUT2D eigenvalue weighted by Crippen LogP contribution is 2.40. The van der Waals surface area contributed by atoms with Crippen molar-refractivity contribution < 1.29 is 17.9 Å². The zero-order chi connectivity index (χ0) is 15.7. The van der Waals surface area contributed by atoms with Crippen LogP contribution in [-0.4, -0.2) is 50.5 Å². The van der Waals surface area contributed by atoms with Gasteiger partial charge in [-0.2, -0.15) is 0 Å². The lowest BCUT2D eigenvalue weighted by molar-refractivity contribution is -0.178. The molecule has 0 bridgehead atoms. The van der Waals surface area contributed by atoms with Gasteiger partial charge in [-0.1, -0.05) is 20.8 Å². The molecule has 1 spiro atoms. The van der Waals surface area contributed by atoms with Gasteiger partial charge in [-0.05, 0) is 25.8 Å². The van der Waals surface area contributed by atoms with E-state index in [0.29, 0.717) is 19.6 Å². The van der Waals surface area contributed by atoms with E-state index in [1.165, 1.54) is 0 Å². The summed E-state index contributed by atoms with van der Waals surface area (Å²) in [4.78, 5) is 0. The molecule has 3 atom stereocenters. The first-order chi connectivity index (χ1) is 9.82. The summed E-state index contributed by atoms with van der Waals surface area (Å²) in [5.74, 6) is -0.555. The van der Waals surface area contributed by atoms with Crippen LogP contribution in [0.5, 0.6) is 0 Å². The van der Waals surface area contributed by atoms with Crippen LogP contribution in [0.15, 0.2) is 0 Å². The standard InChI is InChI=1S/C15H29NO4S/c1-5-16-13-6-7-15(19-8-9-20-15)10-14(13)21(17,18)12(4)11(2)3/h11-14,16H,5-10H2,1-4H3. The maximum Gasteiger partial charge on any atom is 0.169 e. The molecular formula is C15H29NO4S. The number of hydrogen-bond donors (Lipinski definition) is 1. The lowest BCUT2D eigenvalue weighted by Gasteiger charge is -2.42. The van der Waals surface area contributed by atoms with Crippen molar-refractivity contribution in [2.45, 2.75) is 69.3 Å². The van der Waals surface area contributed by atoms with Crippen LogP contribution >= 0.6 is 0 Å². The SMILES string of the molecule is CCNC1CCC2(CC1S(=O)(=O)C(C)C(C)C)OCCO2. The molecule has 0 aromatic heterocycles. The number of ether oxygens (including phenoxy) is 2. The largest absolute Gasteiger partial charge is 0.347 e. The van der Waals surface area contributed by atoms with Gasteiger partial charge in [0.05, 0.1) is 23.7 Å². The van der Waals surface area contributed by atoms with Crippen LogP contribution in [0.2, 0.25) is 0 Å². The molecule has 1 heterocycles. The van der Waals surface area contributed by atoms with Crippen LogP contribution in [0.3, 0.4) is 0 Å². The van der Waals surface area contributed by atoms with Crippen molar-refractivity contribution in [2.24, 2.45) is 5.92 Å². The zero-order valence-electron chi connectivity index (χ0n) is 13.6. The van der Waals surface area contributed by atoms with E-state index in [9.17, 15) is 8.42 Å². The van der Waals surface area contributed by atoms with Gasteiger partial charge in [-0.15, -0.1) is 0 Å². The van der Waals surface area contributed by atoms with Crippen LogP contribution in [-0.2, 0) is 19.3 Å². The second kappa shape index (κ2) is 6.52. The minimum Gasteiger partial charge on any atom is -0.347 e. The fraction of sp³-hybridized carbons (Fsp3) is 1.00. The lowest BCUT2D eigenvalue weighted by Crippen LogP contribution is -2.55. The van der Waals surface area contributed by atoms with Crippen LogP contribution < -0.4 is 5.32 Å². The van der Waals surface area contributed by atoms with Gasteiger partial charge in [0.15, 0.2) is 15.6 Å². The van der Waals surface area contributed by atoms with Gasteiger partial charge >= 0.3 is 0 Å². The summed E-state index contributed by atoms with van der Waals surface area (Å²) in [6.45, 7) is 9.68. The summed E-state index contributed by atoms with van der Waals surface area (Å²) in [6, 6.07) is -0.000347. The monoisotopic (exact) mass is 319 g/mol. The van der Waals surface area contributed by atoms with E-state index < -0.39 is 20.9 Å². The average Bonchev–Trinajstić information content (AvgIpc) is 2.88. The van der Waals surface area contributed by atoms with Gasteiger partial charge in [0, 0.05) is 18.9 Å². The topological polar surface area (TPSA) is 64.6 Å². The molecule has 0 aromatic rings. The summed E-state index contributed by atoms with van der Waals surface area (Å²) in [5, 5.41) is 2.57. The summed E-state index contributed by atoms with van der Waals surface area (Å²) in [5.41, 5.74) is 0.